The number of rotatable bonds is 3. The lowest BCUT2D eigenvalue weighted by atomic mass is 9.74. The molecule has 3 aliphatic heterocycles. The molecule has 3 rings (SSSR count). The second kappa shape index (κ2) is 20.6. The van der Waals surface area contributed by atoms with Gasteiger partial charge in [-0.2, -0.15) is 0 Å². The summed E-state index contributed by atoms with van der Waals surface area (Å²) in [6.45, 7) is 19.1. The van der Waals surface area contributed by atoms with Crippen LogP contribution in [0.15, 0.2) is 36.5 Å². The molecule has 0 aromatic heterocycles. The van der Waals surface area contributed by atoms with Gasteiger partial charge in [-0.25, -0.2) is 4.79 Å². The zero-order valence-electron chi connectivity index (χ0n) is 35.8. The molecule has 0 saturated carbocycles. The number of aliphatic hydroxyl groups excluding tert-OH is 4. The Morgan fingerprint density at radius 2 is 1.48 bits per heavy atom. The molecule has 0 radical (unpaired) electrons. The van der Waals surface area contributed by atoms with Gasteiger partial charge in [-0.05, 0) is 70.1 Å². The number of esters is 1. The highest BCUT2D eigenvalue weighted by Gasteiger charge is 2.56. The van der Waals surface area contributed by atoms with Crippen molar-refractivity contribution in [3.8, 4) is 0 Å². The second-order valence-corrected chi connectivity index (χ2v) is 18.0. The number of ketones is 2. The highest BCUT2D eigenvalue weighted by atomic mass is 16.7. The van der Waals surface area contributed by atoms with Crippen molar-refractivity contribution >= 4 is 17.5 Å². The number of Topliss-reactive ketones (excluding diaryl/α,β-unsaturated/α-hetero) is 2. The maximum atomic E-state index is 13.5. The normalized spacial score (nSPS) is 46.8. The summed E-state index contributed by atoms with van der Waals surface area (Å²) in [4.78, 5) is 40.5. The molecule has 0 aliphatic carbocycles. The second-order valence-electron chi connectivity index (χ2n) is 18.0. The monoisotopic (exact) mass is 791 g/mol. The fourth-order valence-electron chi connectivity index (χ4n) is 9.01. The number of fused-ring (bicyclic) bond motifs is 2. The van der Waals surface area contributed by atoms with Gasteiger partial charge in [0.15, 0.2) is 11.6 Å². The lowest BCUT2D eigenvalue weighted by Gasteiger charge is -2.55. The van der Waals surface area contributed by atoms with Crippen LogP contribution in [0.1, 0.15) is 121 Å². The fourth-order valence-corrected chi connectivity index (χ4v) is 9.01. The fraction of sp³-hybridized carbons (Fsp3) is 0.800. The standard InChI is InChI=1S/C45H74O11/c1-12-34-17-15-13-14-16-27(4)42(51)44(11,53)43(52)32(9)40(50)31(8)39(49)30(7)38(48)26(3)18-21-37(47)54-41-29(6)35(20-19-34)55-45(33(41)10)23-22-25(2)36(56-45)24-28(5)46/h13-15,17-18,21,25-36,38,40-42,46,48,50-51,53H,12,16,19-20,22-24H2,1-11H3/b14-13+,17-15+,21-18+/t25-,26-,27+,28+,29+,30-,31+,32+,33-,34-,35-,36-,38+,40-,41+,42-,44+,45-/m1/s1. The van der Waals surface area contributed by atoms with Crippen molar-refractivity contribution in [3.05, 3.63) is 36.5 Å². The molecule has 0 unspecified atom stereocenters. The minimum absolute atomic E-state index is 0.168. The van der Waals surface area contributed by atoms with E-state index in [-0.39, 0.29) is 35.9 Å². The van der Waals surface area contributed by atoms with Crippen LogP contribution in [0.4, 0.5) is 0 Å². The van der Waals surface area contributed by atoms with E-state index in [9.17, 15) is 39.9 Å². The molecular formula is C45H74O11. The first-order valence-corrected chi connectivity index (χ1v) is 21.2. The molecule has 56 heavy (non-hydrogen) atoms. The summed E-state index contributed by atoms with van der Waals surface area (Å²) in [5.41, 5.74) is -2.18. The molecule has 2 bridgehead atoms. The van der Waals surface area contributed by atoms with E-state index in [1.165, 1.54) is 39.8 Å². The lowest BCUT2D eigenvalue weighted by Crippen LogP contribution is -2.62. The van der Waals surface area contributed by atoms with Crippen LogP contribution in [-0.2, 0) is 28.6 Å². The van der Waals surface area contributed by atoms with E-state index < -0.39 is 89.0 Å². The van der Waals surface area contributed by atoms with Gasteiger partial charge in [-0.1, -0.05) is 92.7 Å². The Morgan fingerprint density at radius 1 is 0.839 bits per heavy atom. The van der Waals surface area contributed by atoms with E-state index in [4.69, 9.17) is 14.2 Å². The van der Waals surface area contributed by atoms with Crippen molar-refractivity contribution in [2.24, 2.45) is 53.3 Å². The van der Waals surface area contributed by atoms with Gasteiger partial charge in [0.2, 0.25) is 0 Å². The average Bonchev–Trinajstić information content (AvgIpc) is 3.16. The zero-order chi connectivity index (χ0) is 42.3. The molecule has 3 aliphatic rings. The molecule has 0 amide bonds. The van der Waals surface area contributed by atoms with Gasteiger partial charge in [0, 0.05) is 48.0 Å². The van der Waals surface area contributed by atoms with Crippen molar-refractivity contribution in [2.75, 3.05) is 0 Å². The molecule has 2 fully saturated rings. The van der Waals surface area contributed by atoms with Gasteiger partial charge < -0.3 is 39.7 Å². The number of hydrogen-bond acceptors (Lipinski definition) is 11. The van der Waals surface area contributed by atoms with Gasteiger partial charge in [-0.3, -0.25) is 9.59 Å². The summed E-state index contributed by atoms with van der Waals surface area (Å²) in [5, 5.41) is 55.0. The molecule has 1 spiro atoms. The highest BCUT2D eigenvalue weighted by Crippen LogP contribution is 2.49. The Bertz CT molecular complexity index is 1390. The third-order valence-corrected chi connectivity index (χ3v) is 13.4. The number of aliphatic hydroxyl groups is 5. The minimum atomic E-state index is -2.18. The quantitative estimate of drug-likeness (QED) is 0.216. The van der Waals surface area contributed by atoms with Gasteiger partial charge in [0.05, 0.1) is 36.6 Å². The zero-order valence-corrected chi connectivity index (χ0v) is 35.8. The summed E-state index contributed by atoms with van der Waals surface area (Å²) < 4.78 is 20.0. The molecule has 18 atom stereocenters. The Labute approximate surface area is 336 Å². The van der Waals surface area contributed by atoms with Crippen molar-refractivity contribution in [1.29, 1.82) is 0 Å². The molecule has 5 N–H and O–H groups in total. The van der Waals surface area contributed by atoms with E-state index in [1.807, 2.05) is 32.1 Å². The van der Waals surface area contributed by atoms with Crippen molar-refractivity contribution < 1.29 is 54.1 Å². The van der Waals surface area contributed by atoms with E-state index >= 15 is 0 Å². The van der Waals surface area contributed by atoms with E-state index in [0.29, 0.717) is 25.7 Å². The first-order chi connectivity index (χ1) is 26.1. The predicted octanol–water partition coefficient (Wildman–Crippen LogP) is 5.88. The van der Waals surface area contributed by atoms with Crippen LogP contribution in [0, 0.1) is 53.3 Å². The summed E-state index contributed by atoms with van der Waals surface area (Å²) in [5.74, 6) is -7.28. The smallest absolute Gasteiger partial charge is 0.330 e. The lowest BCUT2D eigenvalue weighted by molar-refractivity contribution is -0.371. The van der Waals surface area contributed by atoms with E-state index in [2.05, 4.69) is 19.9 Å². The summed E-state index contributed by atoms with van der Waals surface area (Å²) >= 11 is 0. The molecule has 11 heteroatoms. The summed E-state index contributed by atoms with van der Waals surface area (Å²) in [7, 11) is 0. The first-order valence-electron chi connectivity index (χ1n) is 21.2. The number of carbonyl (C=O) groups is 3. The summed E-state index contributed by atoms with van der Waals surface area (Å²) in [6.07, 6.45) is 9.62. The van der Waals surface area contributed by atoms with Gasteiger partial charge >= 0.3 is 5.97 Å². The maximum absolute atomic E-state index is 13.5. The number of allylic oxidation sites excluding steroid dienone is 4. The largest absolute Gasteiger partial charge is 0.458 e. The van der Waals surface area contributed by atoms with Crippen LogP contribution in [0.25, 0.3) is 0 Å². The van der Waals surface area contributed by atoms with Crippen LogP contribution in [0.2, 0.25) is 0 Å². The first kappa shape index (κ1) is 48.1. The molecule has 320 valence electrons. The highest BCUT2D eigenvalue weighted by molar-refractivity contribution is 5.91. The van der Waals surface area contributed by atoms with E-state index in [0.717, 1.165) is 19.3 Å². The minimum Gasteiger partial charge on any atom is -0.458 e. The third-order valence-electron chi connectivity index (χ3n) is 13.4. The van der Waals surface area contributed by atoms with Crippen molar-refractivity contribution in [3.63, 3.8) is 0 Å². The molecule has 0 aromatic rings. The Hall–Kier alpha value is -2.25. The number of ether oxygens (including phenoxy) is 3. The maximum Gasteiger partial charge on any atom is 0.330 e. The van der Waals surface area contributed by atoms with Crippen LogP contribution < -0.4 is 0 Å². The van der Waals surface area contributed by atoms with Crippen LogP contribution >= 0.6 is 0 Å². The Kier molecular flexibility index (Phi) is 17.7. The van der Waals surface area contributed by atoms with Crippen LogP contribution in [0.3, 0.4) is 0 Å². The Morgan fingerprint density at radius 3 is 2.11 bits per heavy atom. The topological polar surface area (TPSA) is 180 Å². The summed E-state index contributed by atoms with van der Waals surface area (Å²) in [6, 6.07) is 0. The Balaban J connectivity index is 1.99. The third kappa shape index (κ3) is 11.5. The van der Waals surface area contributed by atoms with Gasteiger partial charge in [-0.15, -0.1) is 0 Å². The SMILES string of the molecule is CC[C@@H]1/C=C/C=C/C[C@H](C)[C@@H](O)[C@](C)(O)C(=O)[C@@H](C)[C@H](O)[C@@H](C)C(=O)[C@H](C)[C@@H](O)[C@H](C)/C=C/C(=O)O[C@H]2[C@@H](C)[C@@H](CC1)O[C@@]1(CC[C@@H](C)[C@@H](C[C@H](C)O)O1)[C@@H]2C. The van der Waals surface area contributed by atoms with Gasteiger partial charge in [0.1, 0.15) is 17.5 Å². The number of hydrogen-bond donors (Lipinski definition) is 5. The van der Waals surface area contributed by atoms with E-state index in [1.54, 1.807) is 20.8 Å². The average molecular weight is 791 g/mol. The van der Waals surface area contributed by atoms with Crippen molar-refractivity contribution in [2.45, 2.75) is 175 Å². The molecule has 2 saturated heterocycles. The molecule has 11 nitrogen and oxygen atoms in total. The molecule has 3 heterocycles. The van der Waals surface area contributed by atoms with Crippen LogP contribution in [0.5, 0.6) is 0 Å². The van der Waals surface area contributed by atoms with Crippen molar-refractivity contribution in [1.82, 2.24) is 0 Å². The predicted molar refractivity (Wildman–Crippen MR) is 215 cm³/mol. The molecule has 0 aromatic carbocycles. The van der Waals surface area contributed by atoms with Gasteiger partial charge in [0.25, 0.3) is 0 Å². The number of carbonyl (C=O) groups excluding carboxylic acids is 3. The van der Waals surface area contributed by atoms with Crippen LogP contribution in [-0.4, -0.2) is 97.2 Å². The molecular weight excluding hydrogens is 716 g/mol.